The van der Waals surface area contributed by atoms with Gasteiger partial charge >= 0.3 is 0 Å². The van der Waals surface area contributed by atoms with Crippen LogP contribution in [0.3, 0.4) is 0 Å². The van der Waals surface area contributed by atoms with Crippen LogP contribution in [0, 0.1) is 0 Å². The number of amides is 1. The van der Waals surface area contributed by atoms with E-state index in [4.69, 9.17) is 9.47 Å². The Morgan fingerprint density at radius 2 is 2.04 bits per heavy atom. The van der Waals surface area contributed by atoms with Gasteiger partial charge in [-0.2, -0.15) is 5.10 Å². The van der Waals surface area contributed by atoms with E-state index in [-0.39, 0.29) is 11.7 Å². The number of rotatable bonds is 3. The van der Waals surface area contributed by atoms with Crippen molar-refractivity contribution in [1.82, 2.24) is 9.78 Å². The number of hydrogen-bond donors (Lipinski definition) is 1. The minimum absolute atomic E-state index is 0.198. The van der Waals surface area contributed by atoms with Gasteiger partial charge in [0.05, 0.1) is 11.4 Å². The van der Waals surface area contributed by atoms with Crippen molar-refractivity contribution in [1.29, 1.82) is 0 Å². The van der Waals surface area contributed by atoms with Crippen molar-refractivity contribution in [2.75, 3.05) is 18.5 Å². The standard InChI is InChI=1S/C17H17N3O3/c21-17(15-11-22-9-10-23-15)18-16-13-7-4-8-14(13)19-20(16)12-5-2-1-3-6-12/h1-3,5-6,11H,4,7-10H2,(H,18,21). The quantitative estimate of drug-likeness (QED) is 0.943. The van der Waals surface area contributed by atoms with Gasteiger partial charge in [0, 0.05) is 5.56 Å². The van der Waals surface area contributed by atoms with E-state index in [0.29, 0.717) is 13.2 Å². The Balaban J connectivity index is 1.69. The highest BCUT2D eigenvalue weighted by Gasteiger charge is 2.26. The highest BCUT2D eigenvalue weighted by molar-refractivity contribution is 6.02. The normalized spacial score (nSPS) is 16.1. The zero-order valence-corrected chi connectivity index (χ0v) is 12.6. The number of hydrogen-bond acceptors (Lipinski definition) is 4. The smallest absolute Gasteiger partial charge is 0.295 e. The fourth-order valence-electron chi connectivity index (χ4n) is 2.93. The van der Waals surface area contributed by atoms with Crippen molar-refractivity contribution in [3.63, 3.8) is 0 Å². The van der Waals surface area contributed by atoms with Crippen molar-refractivity contribution in [3.05, 3.63) is 53.6 Å². The molecule has 23 heavy (non-hydrogen) atoms. The van der Waals surface area contributed by atoms with Gasteiger partial charge < -0.3 is 14.8 Å². The maximum atomic E-state index is 12.4. The molecule has 0 saturated carbocycles. The van der Waals surface area contributed by atoms with Crippen molar-refractivity contribution in [3.8, 4) is 5.69 Å². The number of ether oxygens (including phenoxy) is 2. The molecule has 2 aromatic rings. The third kappa shape index (κ3) is 2.56. The molecule has 6 nitrogen and oxygen atoms in total. The molecule has 0 fully saturated rings. The zero-order valence-electron chi connectivity index (χ0n) is 12.6. The van der Waals surface area contributed by atoms with Crippen LogP contribution < -0.4 is 5.32 Å². The summed E-state index contributed by atoms with van der Waals surface area (Å²) in [5, 5.41) is 7.62. The SMILES string of the molecule is O=C(Nc1c2c(nn1-c1ccccc1)CCC2)C1=COCCO1. The third-order valence-electron chi connectivity index (χ3n) is 4.01. The predicted octanol–water partition coefficient (Wildman–Crippen LogP) is 2.19. The molecule has 6 heteroatoms. The molecule has 0 atom stereocenters. The largest absolute Gasteiger partial charge is 0.494 e. The second-order valence-corrected chi connectivity index (χ2v) is 5.53. The van der Waals surface area contributed by atoms with E-state index in [1.165, 1.54) is 6.26 Å². The Labute approximate surface area is 133 Å². The number of aromatic nitrogens is 2. The number of carbonyl (C=O) groups excluding carboxylic acids is 1. The Bertz CT molecular complexity index is 765. The predicted molar refractivity (Wildman–Crippen MR) is 84.2 cm³/mol. The summed E-state index contributed by atoms with van der Waals surface area (Å²) < 4.78 is 12.3. The molecule has 1 aliphatic carbocycles. The van der Waals surface area contributed by atoms with Gasteiger partial charge in [-0.1, -0.05) is 18.2 Å². The molecule has 1 aromatic carbocycles. The fraction of sp³-hybridized carbons (Fsp3) is 0.294. The van der Waals surface area contributed by atoms with Crippen LogP contribution in [0.15, 0.2) is 42.4 Å². The molecule has 2 aliphatic rings. The van der Waals surface area contributed by atoms with Gasteiger partial charge in [0.2, 0.25) is 5.76 Å². The molecule has 118 valence electrons. The number of anilines is 1. The number of aryl methyl sites for hydroxylation is 1. The first-order valence-corrected chi connectivity index (χ1v) is 7.75. The van der Waals surface area contributed by atoms with Crippen LogP contribution in [0.4, 0.5) is 5.82 Å². The lowest BCUT2D eigenvalue weighted by molar-refractivity contribution is -0.117. The summed E-state index contributed by atoms with van der Waals surface area (Å²) >= 11 is 0. The number of nitrogens with one attached hydrogen (secondary N) is 1. The average molecular weight is 311 g/mol. The van der Waals surface area contributed by atoms with Gasteiger partial charge in [0.25, 0.3) is 5.91 Å². The highest BCUT2D eigenvalue weighted by atomic mass is 16.6. The van der Waals surface area contributed by atoms with E-state index >= 15 is 0 Å². The first kappa shape index (κ1) is 13.9. The minimum atomic E-state index is -0.309. The molecule has 0 saturated heterocycles. The molecule has 2 heterocycles. The molecule has 4 rings (SSSR count). The lowest BCUT2D eigenvalue weighted by atomic mass is 10.2. The van der Waals surface area contributed by atoms with E-state index in [1.807, 2.05) is 30.3 Å². The van der Waals surface area contributed by atoms with Gasteiger partial charge in [-0.25, -0.2) is 4.68 Å². The fourth-order valence-corrected chi connectivity index (χ4v) is 2.93. The van der Waals surface area contributed by atoms with Crippen LogP contribution in [-0.2, 0) is 27.1 Å². The van der Waals surface area contributed by atoms with Gasteiger partial charge in [-0.3, -0.25) is 4.79 Å². The summed E-state index contributed by atoms with van der Waals surface area (Å²) in [6, 6.07) is 9.80. The molecule has 0 bridgehead atoms. The molecule has 0 radical (unpaired) electrons. The van der Waals surface area contributed by atoms with Crippen LogP contribution in [0.5, 0.6) is 0 Å². The average Bonchev–Trinajstić information content (AvgIpc) is 3.19. The Morgan fingerprint density at radius 3 is 2.83 bits per heavy atom. The summed E-state index contributed by atoms with van der Waals surface area (Å²) in [6.07, 6.45) is 4.30. The minimum Gasteiger partial charge on any atom is -0.494 e. The Hall–Kier alpha value is -2.76. The first-order chi connectivity index (χ1) is 11.3. The summed E-state index contributed by atoms with van der Waals surface area (Å²) in [6.45, 7) is 0.851. The highest BCUT2D eigenvalue weighted by Crippen LogP contribution is 2.31. The van der Waals surface area contributed by atoms with Gasteiger partial charge in [-0.05, 0) is 31.4 Å². The van der Waals surface area contributed by atoms with Gasteiger partial charge in [-0.15, -0.1) is 0 Å². The molecule has 1 amide bonds. The number of para-hydroxylation sites is 1. The zero-order chi connectivity index (χ0) is 15.6. The topological polar surface area (TPSA) is 65.4 Å². The molecule has 1 aromatic heterocycles. The molecular weight excluding hydrogens is 294 g/mol. The van der Waals surface area contributed by atoms with E-state index in [1.54, 1.807) is 4.68 Å². The van der Waals surface area contributed by atoms with Crippen molar-refractivity contribution >= 4 is 11.7 Å². The van der Waals surface area contributed by atoms with E-state index in [0.717, 1.165) is 42.0 Å². The Morgan fingerprint density at radius 1 is 1.17 bits per heavy atom. The molecular formula is C17H17N3O3. The van der Waals surface area contributed by atoms with Crippen molar-refractivity contribution in [2.45, 2.75) is 19.3 Å². The van der Waals surface area contributed by atoms with Gasteiger partial charge in [0.15, 0.2) is 0 Å². The summed E-state index contributed by atoms with van der Waals surface area (Å²) in [7, 11) is 0. The molecule has 1 N–H and O–H groups in total. The summed E-state index contributed by atoms with van der Waals surface area (Å²) in [5.74, 6) is 0.615. The molecule has 0 spiro atoms. The van der Waals surface area contributed by atoms with E-state index < -0.39 is 0 Å². The van der Waals surface area contributed by atoms with Gasteiger partial charge in [0.1, 0.15) is 25.3 Å². The molecule has 0 unspecified atom stereocenters. The molecule has 1 aliphatic heterocycles. The van der Waals surface area contributed by atoms with Crippen LogP contribution in [0.25, 0.3) is 5.69 Å². The monoisotopic (exact) mass is 311 g/mol. The summed E-state index contributed by atoms with van der Waals surface area (Å²) in [4.78, 5) is 12.4. The van der Waals surface area contributed by atoms with E-state index in [9.17, 15) is 4.79 Å². The van der Waals surface area contributed by atoms with Crippen molar-refractivity contribution < 1.29 is 14.3 Å². The Kier molecular flexibility index (Phi) is 3.49. The number of fused-ring (bicyclic) bond motifs is 1. The second kappa shape index (κ2) is 5.79. The van der Waals surface area contributed by atoms with Crippen LogP contribution in [0.1, 0.15) is 17.7 Å². The third-order valence-corrected chi connectivity index (χ3v) is 4.01. The summed E-state index contributed by atoms with van der Waals surface area (Å²) in [5.41, 5.74) is 3.09. The lowest BCUT2D eigenvalue weighted by Crippen LogP contribution is -2.23. The number of nitrogens with zero attached hydrogens (tertiary/aromatic N) is 2. The number of carbonyl (C=O) groups is 1. The van der Waals surface area contributed by atoms with Crippen LogP contribution in [-0.4, -0.2) is 28.9 Å². The second-order valence-electron chi connectivity index (χ2n) is 5.53. The first-order valence-electron chi connectivity index (χ1n) is 7.75. The van der Waals surface area contributed by atoms with Crippen molar-refractivity contribution in [2.24, 2.45) is 0 Å². The lowest BCUT2D eigenvalue weighted by Gasteiger charge is -2.16. The van der Waals surface area contributed by atoms with Crippen LogP contribution in [0.2, 0.25) is 0 Å². The maximum absolute atomic E-state index is 12.4. The maximum Gasteiger partial charge on any atom is 0.295 e. The van der Waals surface area contributed by atoms with E-state index in [2.05, 4.69) is 10.4 Å². The van der Waals surface area contributed by atoms with Crippen LogP contribution >= 0.6 is 0 Å². The number of benzene rings is 1.